The monoisotopic (exact) mass is 291 g/mol. The van der Waals surface area contributed by atoms with Gasteiger partial charge in [-0.25, -0.2) is 0 Å². The van der Waals surface area contributed by atoms with Gasteiger partial charge in [0.25, 0.3) is 0 Å². The molecule has 0 saturated heterocycles. The zero-order valence-corrected chi connectivity index (χ0v) is 13.6. The Morgan fingerprint density at radius 1 is 1.29 bits per heavy atom. The molecule has 0 amide bonds. The summed E-state index contributed by atoms with van der Waals surface area (Å²) in [7, 11) is 1.70. The Bertz CT molecular complexity index is 447. The second-order valence-corrected chi connectivity index (χ2v) is 6.37. The third-order valence-electron chi connectivity index (χ3n) is 4.43. The molecule has 3 nitrogen and oxygen atoms in total. The molecule has 1 aromatic carbocycles. The van der Waals surface area contributed by atoms with Crippen LogP contribution >= 0.6 is 0 Å². The molecule has 0 heterocycles. The lowest BCUT2D eigenvalue weighted by Gasteiger charge is -2.28. The van der Waals surface area contributed by atoms with Gasteiger partial charge in [0.2, 0.25) is 0 Å². The molecule has 0 bridgehead atoms. The average Bonchev–Trinajstić information content (AvgIpc) is 2.48. The zero-order valence-electron chi connectivity index (χ0n) is 13.6. The van der Waals surface area contributed by atoms with E-state index in [2.05, 4.69) is 26.0 Å². The molecule has 1 aromatic rings. The van der Waals surface area contributed by atoms with Crippen LogP contribution in [0.2, 0.25) is 0 Å². The Morgan fingerprint density at radius 2 is 2.10 bits per heavy atom. The van der Waals surface area contributed by atoms with Gasteiger partial charge in [0.15, 0.2) is 11.5 Å². The Balaban J connectivity index is 2.05. The lowest BCUT2D eigenvalue weighted by molar-refractivity contribution is 0.125. The number of ether oxygens (including phenoxy) is 2. The van der Waals surface area contributed by atoms with Crippen molar-refractivity contribution in [2.75, 3.05) is 7.11 Å². The van der Waals surface area contributed by atoms with E-state index in [1.165, 1.54) is 18.4 Å². The van der Waals surface area contributed by atoms with E-state index in [4.69, 9.17) is 15.2 Å². The second-order valence-electron chi connectivity index (χ2n) is 6.37. The van der Waals surface area contributed by atoms with E-state index >= 15 is 0 Å². The maximum absolute atomic E-state index is 6.18. The summed E-state index contributed by atoms with van der Waals surface area (Å²) in [6.45, 7) is 4.42. The highest BCUT2D eigenvalue weighted by Gasteiger charge is 2.21. The molecule has 2 N–H and O–H groups in total. The SMILES string of the molecule is CCC(N)Cc1ccc(OC2CCCC(C)C2)c(OC)c1. The zero-order chi connectivity index (χ0) is 15.2. The number of benzene rings is 1. The van der Waals surface area contributed by atoms with Crippen molar-refractivity contribution in [1.82, 2.24) is 0 Å². The van der Waals surface area contributed by atoms with E-state index in [0.717, 1.165) is 43.1 Å². The van der Waals surface area contributed by atoms with Crippen molar-refractivity contribution in [2.45, 2.75) is 64.5 Å². The predicted octanol–water partition coefficient (Wildman–Crippen LogP) is 3.93. The Labute approximate surface area is 128 Å². The summed E-state index contributed by atoms with van der Waals surface area (Å²) in [5.74, 6) is 2.45. The summed E-state index contributed by atoms with van der Waals surface area (Å²) in [6, 6.07) is 6.42. The third-order valence-corrected chi connectivity index (χ3v) is 4.43. The van der Waals surface area contributed by atoms with Gasteiger partial charge in [0.05, 0.1) is 13.2 Å². The smallest absolute Gasteiger partial charge is 0.161 e. The van der Waals surface area contributed by atoms with Gasteiger partial charge < -0.3 is 15.2 Å². The number of methoxy groups -OCH3 is 1. The molecule has 2 rings (SSSR count). The van der Waals surface area contributed by atoms with Gasteiger partial charge in [-0.2, -0.15) is 0 Å². The van der Waals surface area contributed by atoms with Crippen molar-refractivity contribution in [3.05, 3.63) is 23.8 Å². The predicted molar refractivity (Wildman–Crippen MR) is 87.0 cm³/mol. The highest BCUT2D eigenvalue weighted by atomic mass is 16.5. The van der Waals surface area contributed by atoms with Gasteiger partial charge in [-0.15, -0.1) is 0 Å². The van der Waals surface area contributed by atoms with Crippen LogP contribution in [0.4, 0.5) is 0 Å². The fraction of sp³-hybridized carbons (Fsp3) is 0.667. The van der Waals surface area contributed by atoms with Crippen LogP contribution in [0, 0.1) is 5.92 Å². The lowest BCUT2D eigenvalue weighted by atomic mass is 9.89. The molecule has 0 spiro atoms. The molecule has 1 fully saturated rings. The highest BCUT2D eigenvalue weighted by molar-refractivity contribution is 5.43. The summed E-state index contributed by atoms with van der Waals surface area (Å²) >= 11 is 0. The van der Waals surface area contributed by atoms with Gasteiger partial charge in [-0.3, -0.25) is 0 Å². The number of hydrogen-bond donors (Lipinski definition) is 1. The van der Waals surface area contributed by atoms with Crippen molar-refractivity contribution in [3.63, 3.8) is 0 Å². The number of nitrogens with two attached hydrogens (primary N) is 1. The Hall–Kier alpha value is -1.22. The first-order valence-electron chi connectivity index (χ1n) is 8.21. The van der Waals surface area contributed by atoms with Crippen molar-refractivity contribution in [3.8, 4) is 11.5 Å². The molecule has 1 saturated carbocycles. The standard InChI is InChI=1S/C18H29NO2/c1-4-15(19)11-14-8-9-17(18(12-14)20-3)21-16-7-5-6-13(2)10-16/h8-9,12-13,15-16H,4-7,10-11,19H2,1-3H3. The quantitative estimate of drug-likeness (QED) is 0.863. The topological polar surface area (TPSA) is 44.5 Å². The maximum atomic E-state index is 6.18. The van der Waals surface area contributed by atoms with E-state index in [-0.39, 0.29) is 6.04 Å². The third kappa shape index (κ3) is 4.63. The fourth-order valence-electron chi connectivity index (χ4n) is 3.05. The molecule has 0 aliphatic heterocycles. The van der Waals surface area contributed by atoms with Crippen LogP contribution in [0.5, 0.6) is 11.5 Å². The normalized spacial score (nSPS) is 23.6. The lowest BCUT2D eigenvalue weighted by Crippen LogP contribution is -2.24. The molecular weight excluding hydrogens is 262 g/mol. The van der Waals surface area contributed by atoms with Gasteiger partial charge in [-0.05, 0) is 55.7 Å². The minimum Gasteiger partial charge on any atom is -0.493 e. The number of hydrogen-bond acceptors (Lipinski definition) is 3. The van der Waals surface area contributed by atoms with E-state index in [0.29, 0.717) is 6.10 Å². The van der Waals surface area contributed by atoms with Gasteiger partial charge in [0.1, 0.15) is 0 Å². The second kappa shape index (κ2) is 7.69. The molecule has 3 unspecified atom stereocenters. The maximum Gasteiger partial charge on any atom is 0.161 e. The Morgan fingerprint density at radius 3 is 2.76 bits per heavy atom. The molecule has 1 aliphatic carbocycles. The average molecular weight is 291 g/mol. The fourth-order valence-corrected chi connectivity index (χ4v) is 3.05. The molecule has 3 heteroatoms. The van der Waals surface area contributed by atoms with Crippen molar-refractivity contribution in [1.29, 1.82) is 0 Å². The molecule has 0 aromatic heterocycles. The highest BCUT2D eigenvalue weighted by Crippen LogP contribution is 2.33. The van der Waals surface area contributed by atoms with E-state index in [1.54, 1.807) is 7.11 Å². The minimum atomic E-state index is 0.209. The van der Waals surface area contributed by atoms with Crippen molar-refractivity contribution in [2.24, 2.45) is 11.7 Å². The number of rotatable bonds is 6. The largest absolute Gasteiger partial charge is 0.493 e. The van der Waals surface area contributed by atoms with Gasteiger partial charge in [-0.1, -0.05) is 26.3 Å². The first-order valence-corrected chi connectivity index (χ1v) is 8.21. The van der Waals surface area contributed by atoms with Crippen LogP contribution < -0.4 is 15.2 Å². The van der Waals surface area contributed by atoms with E-state index in [9.17, 15) is 0 Å². The molecule has 118 valence electrons. The van der Waals surface area contributed by atoms with E-state index in [1.807, 2.05) is 6.07 Å². The van der Waals surface area contributed by atoms with Crippen LogP contribution in [0.3, 0.4) is 0 Å². The molecule has 0 radical (unpaired) electrons. The van der Waals surface area contributed by atoms with Crippen LogP contribution in [-0.4, -0.2) is 19.3 Å². The summed E-state index contributed by atoms with van der Waals surface area (Å²) in [5.41, 5.74) is 7.24. The van der Waals surface area contributed by atoms with Crippen LogP contribution in [0.25, 0.3) is 0 Å². The molecular formula is C18H29NO2. The minimum absolute atomic E-state index is 0.209. The van der Waals surface area contributed by atoms with Crippen LogP contribution in [-0.2, 0) is 6.42 Å². The van der Waals surface area contributed by atoms with Gasteiger partial charge >= 0.3 is 0 Å². The summed E-state index contributed by atoms with van der Waals surface area (Å²) in [6.07, 6.45) is 7.07. The molecule has 21 heavy (non-hydrogen) atoms. The van der Waals surface area contributed by atoms with Crippen LogP contribution in [0.15, 0.2) is 18.2 Å². The summed E-state index contributed by atoms with van der Waals surface area (Å²) < 4.78 is 11.7. The van der Waals surface area contributed by atoms with Crippen molar-refractivity contribution >= 4 is 0 Å². The van der Waals surface area contributed by atoms with Crippen LogP contribution in [0.1, 0.15) is 51.5 Å². The summed E-state index contributed by atoms with van der Waals surface area (Å²) in [5, 5.41) is 0. The van der Waals surface area contributed by atoms with Gasteiger partial charge in [0, 0.05) is 6.04 Å². The Kier molecular flexibility index (Phi) is 5.92. The van der Waals surface area contributed by atoms with Crippen molar-refractivity contribution < 1.29 is 9.47 Å². The molecule has 1 aliphatic rings. The first kappa shape index (κ1) is 16.2. The molecule has 3 atom stereocenters. The summed E-state index contributed by atoms with van der Waals surface area (Å²) in [4.78, 5) is 0. The first-order chi connectivity index (χ1) is 10.1. The van der Waals surface area contributed by atoms with E-state index < -0.39 is 0 Å².